The normalized spacial score (nSPS) is 14.5. The average molecular weight is 477 g/mol. The monoisotopic (exact) mass is 477 g/mol. The zero-order valence-electron chi connectivity index (χ0n) is 19.6. The number of hydrogen-bond acceptors (Lipinski definition) is 6. The number of rotatable bonds is 6. The lowest BCUT2D eigenvalue weighted by Crippen LogP contribution is -2.46. The molecule has 0 spiro atoms. The Hall–Kier alpha value is -3.70. The molecule has 0 radical (unpaired) electrons. The number of carboxylic acid groups (broad SMARTS) is 1. The third kappa shape index (κ3) is 5.10. The van der Waals surface area contributed by atoms with Gasteiger partial charge in [0.15, 0.2) is 0 Å². The molecule has 184 valence electrons. The molecule has 11 nitrogen and oxygen atoms in total. The van der Waals surface area contributed by atoms with Crippen LogP contribution in [0.4, 0.5) is 14.0 Å². The van der Waals surface area contributed by atoms with Gasteiger partial charge in [-0.15, -0.1) is 0 Å². The minimum atomic E-state index is -1.61. The zero-order valence-corrected chi connectivity index (χ0v) is 19.6. The number of alkyl carbamates (subject to hydrolysis) is 1. The highest BCUT2D eigenvalue weighted by Gasteiger charge is 2.31. The minimum absolute atomic E-state index is 0.0339. The van der Waals surface area contributed by atoms with Gasteiger partial charge in [-0.05, 0) is 59.1 Å². The number of nitrogens with one attached hydrogen (secondary N) is 3. The molecule has 1 aromatic carbocycles. The van der Waals surface area contributed by atoms with Gasteiger partial charge in [-0.2, -0.15) is 4.68 Å². The van der Waals surface area contributed by atoms with Crippen LogP contribution in [0.3, 0.4) is 0 Å². The van der Waals surface area contributed by atoms with Crippen molar-refractivity contribution < 1.29 is 23.8 Å². The van der Waals surface area contributed by atoms with E-state index in [1.165, 1.54) is 11.5 Å². The SMILES string of the molecule is Cc1c(C(=N)CC(C)NC(=O)OC(C)(C)C)c(F)cc2c(=O)n(NC(=O)O)c(=O)n(C3CC3)c12. The Morgan fingerprint density at radius 3 is 2.47 bits per heavy atom. The number of amides is 2. The highest BCUT2D eigenvalue weighted by Crippen LogP contribution is 2.37. The predicted molar refractivity (Wildman–Crippen MR) is 123 cm³/mol. The fourth-order valence-electron chi connectivity index (χ4n) is 3.86. The summed E-state index contributed by atoms with van der Waals surface area (Å²) in [5.74, 6) is -0.862. The molecule has 1 fully saturated rings. The molecule has 0 aliphatic heterocycles. The van der Waals surface area contributed by atoms with Crippen molar-refractivity contribution in [3.63, 3.8) is 0 Å². The second-order valence-corrected chi connectivity index (χ2v) is 9.43. The van der Waals surface area contributed by atoms with Gasteiger partial charge in [0.25, 0.3) is 5.56 Å². The molecule has 2 amide bonds. The van der Waals surface area contributed by atoms with E-state index in [1.54, 1.807) is 33.1 Å². The van der Waals surface area contributed by atoms with Gasteiger partial charge in [0.2, 0.25) is 0 Å². The fourth-order valence-corrected chi connectivity index (χ4v) is 3.86. The Balaban J connectivity index is 2.05. The first-order valence-electron chi connectivity index (χ1n) is 10.8. The van der Waals surface area contributed by atoms with E-state index in [0.29, 0.717) is 17.5 Å². The summed E-state index contributed by atoms with van der Waals surface area (Å²) >= 11 is 0. The predicted octanol–water partition coefficient (Wildman–Crippen LogP) is 2.84. The van der Waals surface area contributed by atoms with Crippen LogP contribution in [0, 0.1) is 18.2 Å². The molecule has 1 saturated carbocycles. The summed E-state index contributed by atoms with van der Waals surface area (Å²) in [7, 11) is 0. The van der Waals surface area contributed by atoms with Gasteiger partial charge in [0.1, 0.15) is 11.4 Å². The Bertz CT molecular complexity index is 1300. The van der Waals surface area contributed by atoms with Crippen molar-refractivity contribution in [3.05, 3.63) is 43.8 Å². The van der Waals surface area contributed by atoms with Crippen LogP contribution in [0.25, 0.3) is 10.9 Å². The number of halogens is 1. The van der Waals surface area contributed by atoms with Crippen LogP contribution in [0.5, 0.6) is 0 Å². The summed E-state index contributed by atoms with van der Waals surface area (Å²) in [6.07, 6.45) is -1.03. The maximum atomic E-state index is 15.2. The van der Waals surface area contributed by atoms with Crippen molar-refractivity contribution in [3.8, 4) is 0 Å². The average Bonchev–Trinajstić information content (AvgIpc) is 3.49. The number of nitrogens with zero attached hydrogens (tertiary/aromatic N) is 2. The van der Waals surface area contributed by atoms with Gasteiger partial charge in [-0.3, -0.25) is 9.36 Å². The molecule has 1 aliphatic rings. The molecule has 34 heavy (non-hydrogen) atoms. The van der Waals surface area contributed by atoms with Crippen molar-refractivity contribution in [2.24, 2.45) is 0 Å². The quantitative estimate of drug-likeness (QED) is 0.469. The van der Waals surface area contributed by atoms with Crippen molar-refractivity contribution in [2.45, 2.75) is 71.6 Å². The van der Waals surface area contributed by atoms with Gasteiger partial charge in [0, 0.05) is 29.8 Å². The Morgan fingerprint density at radius 2 is 1.94 bits per heavy atom. The summed E-state index contributed by atoms with van der Waals surface area (Å²) < 4.78 is 22.0. The van der Waals surface area contributed by atoms with Crippen LogP contribution in [0.15, 0.2) is 15.7 Å². The smallest absolute Gasteiger partial charge is 0.424 e. The molecule has 1 heterocycles. The van der Waals surface area contributed by atoms with E-state index in [4.69, 9.17) is 15.3 Å². The number of aryl methyl sites for hydroxylation is 1. The number of ether oxygens (including phenoxy) is 1. The molecule has 1 aromatic heterocycles. The molecule has 0 bridgehead atoms. The van der Waals surface area contributed by atoms with E-state index in [0.717, 1.165) is 6.07 Å². The lowest BCUT2D eigenvalue weighted by Gasteiger charge is -2.22. The zero-order chi connectivity index (χ0) is 25.5. The Labute approximate surface area is 194 Å². The molecular formula is C22H28FN5O6. The van der Waals surface area contributed by atoms with Crippen LogP contribution >= 0.6 is 0 Å². The molecule has 2 aromatic rings. The first kappa shape index (κ1) is 24.9. The van der Waals surface area contributed by atoms with Crippen LogP contribution in [-0.4, -0.2) is 43.9 Å². The van der Waals surface area contributed by atoms with E-state index in [9.17, 15) is 19.2 Å². The number of carbonyl (C=O) groups is 2. The molecular weight excluding hydrogens is 449 g/mol. The molecule has 1 aliphatic carbocycles. The topological polar surface area (TPSA) is 156 Å². The van der Waals surface area contributed by atoms with Gasteiger partial charge >= 0.3 is 17.9 Å². The number of aromatic nitrogens is 2. The van der Waals surface area contributed by atoms with E-state index >= 15 is 4.39 Å². The second kappa shape index (κ2) is 8.92. The van der Waals surface area contributed by atoms with Crippen molar-refractivity contribution >= 4 is 28.8 Å². The second-order valence-electron chi connectivity index (χ2n) is 9.43. The van der Waals surface area contributed by atoms with E-state index < -0.39 is 40.9 Å². The molecule has 4 N–H and O–H groups in total. The molecule has 1 atom stereocenters. The van der Waals surface area contributed by atoms with Gasteiger partial charge in [0.05, 0.1) is 10.9 Å². The Kier molecular flexibility index (Phi) is 6.54. The van der Waals surface area contributed by atoms with Gasteiger partial charge in [-0.1, -0.05) is 0 Å². The third-order valence-electron chi connectivity index (χ3n) is 5.26. The number of carbonyl (C=O) groups excluding carboxylic acids is 1. The summed E-state index contributed by atoms with van der Waals surface area (Å²) in [5, 5.41) is 19.9. The molecule has 1 unspecified atom stereocenters. The summed E-state index contributed by atoms with van der Waals surface area (Å²) in [6.45, 7) is 8.29. The summed E-state index contributed by atoms with van der Waals surface area (Å²) in [5.41, 5.74) is -0.657. The van der Waals surface area contributed by atoms with E-state index in [2.05, 4.69) is 5.32 Å². The number of fused-ring (bicyclic) bond motifs is 1. The fraction of sp³-hybridized carbons (Fsp3) is 0.500. The molecule has 12 heteroatoms. The van der Waals surface area contributed by atoms with Gasteiger partial charge in [-0.25, -0.2) is 24.2 Å². The maximum Gasteiger partial charge on any atom is 0.424 e. The standard InChI is InChI=1S/C22H28FN5O6/c1-10(25-20(32)34-22(3,4)5)8-15(24)16-11(2)17-13(9-14(16)23)18(29)28(26-19(30)31)21(33)27(17)12-6-7-12/h9-10,12,24,26H,6-8H2,1-5H3,(H,25,32)(H,30,31). The van der Waals surface area contributed by atoms with Crippen molar-refractivity contribution in [2.75, 3.05) is 5.43 Å². The number of benzene rings is 1. The lowest BCUT2D eigenvalue weighted by atomic mass is 9.96. The van der Waals surface area contributed by atoms with Crippen LogP contribution in [0.2, 0.25) is 0 Å². The maximum absolute atomic E-state index is 15.2. The molecule has 0 saturated heterocycles. The Morgan fingerprint density at radius 1 is 1.32 bits per heavy atom. The van der Waals surface area contributed by atoms with E-state index in [-0.39, 0.29) is 40.2 Å². The summed E-state index contributed by atoms with van der Waals surface area (Å²) in [6, 6.07) is 0.0883. The minimum Gasteiger partial charge on any atom is -0.464 e. The lowest BCUT2D eigenvalue weighted by molar-refractivity contribution is 0.0510. The van der Waals surface area contributed by atoms with Crippen LogP contribution in [0.1, 0.15) is 64.1 Å². The summed E-state index contributed by atoms with van der Waals surface area (Å²) in [4.78, 5) is 48.8. The first-order valence-corrected chi connectivity index (χ1v) is 10.8. The van der Waals surface area contributed by atoms with Crippen LogP contribution in [-0.2, 0) is 4.74 Å². The van der Waals surface area contributed by atoms with E-state index in [1.807, 2.05) is 0 Å². The van der Waals surface area contributed by atoms with Crippen molar-refractivity contribution in [1.29, 1.82) is 5.41 Å². The van der Waals surface area contributed by atoms with Gasteiger partial charge < -0.3 is 20.6 Å². The molecule has 3 rings (SSSR count). The van der Waals surface area contributed by atoms with Crippen LogP contribution < -0.4 is 22.0 Å². The highest BCUT2D eigenvalue weighted by molar-refractivity contribution is 6.04. The highest BCUT2D eigenvalue weighted by atomic mass is 19.1. The third-order valence-corrected chi connectivity index (χ3v) is 5.26. The largest absolute Gasteiger partial charge is 0.464 e. The first-order chi connectivity index (χ1) is 15.7. The van der Waals surface area contributed by atoms with Crippen molar-refractivity contribution in [1.82, 2.24) is 14.6 Å². The number of hydrogen-bond donors (Lipinski definition) is 4.